The number of hydrogen-bond donors (Lipinski definition) is 0. The average molecular weight is 333 g/mol. The van der Waals surface area contributed by atoms with Crippen LogP contribution >= 0.6 is 11.6 Å². The third-order valence-corrected chi connectivity index (χ3v) is 3.56. The van der Waals surface area contributed by atoms with Gasteiger partial charge in [0, 0.05) is 35.1 Å². The Balaban J connectivity index is 2.05. The second kappa shape index (κ2) is 6.01. The zero-order valence-corrected chi connectivity index (χ0v) is 12.3. The summed E-state index contributed by atoms with van der Waals surface area (Å²) in [6, 6.07) is 7.37. The molecule has 0 amide bonds. The Bertz CT molecular complexity index is 920. The topological polar surface area (TPSA) is 104 Å². The highest BCUT2D eigenvalue weighted by Crippen LogP contribution is 2.24. The van der Waals surface area contributed by atoms with E-state index in [-0.39, 0.29) is 12.2 Å². The first-order chi connectivity index (χ1) is 11.1. The summed E-state index contributed by atoms with van der Waals surface area (Å²) in [7, 11) is 0. The summed E-state index contributed by atoms with van der Waals surface area (Å²) in [5.41, 5.74) is 0.938. The lowest BCUT2D eigenvalue weighted by Gasteiger charge is -2.06. The van der Waals surface area contributed by atoms with Crippen molar-refractivity contribution in [3.8, 4) is 11.4 Å². The Morgan fingerprint density at radius 3 is 2.70 bits per heavy atom. The molecule has 0 saturated heterocycles. The van der Waals surface area contributed by atoms with Gasteiger partial charge in [-0.05, 0) is 23.8 Å². The lowest BCUT2D eigenvalue weighted by molar-refractivity contribution is -0.384. The maximum absolute atomic E-state index is 11.9. The molecule has 0 unspecified atom stereocenters. The first kappa shape index (κ1) is 14.9. The number of nitrogens with zero attached hydrogens (tertiary/aromatic N) is 4. The van der Waals surface area contributed by atoms with Crippen LogP contribution in [-0.2, 0) is 6.54 Å². The highest BCUT2D eigenvalue weighted by atomic mass is 35.5. The van der Waals surface area contributed by atoms with Crippen LogP contribution in [0.5, 0.6) is 0 Å². The van der Waals surface area contributed by atoms with Crippen LogP contribution in [0, 0.1) is 10.1 Å². The van der Waals surface area contributed by atoms with Gasteiger partial charge >= 0.3 is 5.76 Å². The van der Waals surface area contributed by atoms with Gasteiger partial charge in [-0.3, -0.25) is 24.2 Å². The molecule has 116 valence electrons. The predicted octanol–water partition coefficient (Wildman–Crippen LogP) is 2.51. The zero-order chi connectivity index (χ0) is 16.4. The number of rotatable bonds is 4. The van der Waals surface area contributed by atoms with Crippen molar-refractivity contribution in [3.63, 3.8) is 0 Å². The molecule has 1 aromatic carbocycles. The first-order valence-corrected chi connectivity index (χ1v) is 6.84. The summed E-state index contributed by atoms with van der Waals surface area (Å²) in [6.07, 6.45) is 3.11. The molecule has 2 aromatic heterocycles. The highest BCUT2D eigenvalue weighted by Gasteiger charge is 2.16. The van der Waals surface area contributed by atoms with Crippen molar-refractivity contribution in [2.24, 2.45) is 0 Å². The van der Waals surface area contributed by atoms with E-state index in [2.05, 4.69) is 10.1 Å². The predicted molar refractivity (Wildman–Crippen MR) is 81.2 cm³/mol. The van der Waals surface area contributed by atoms with Crippen molar-refractivity contribution >= 4 is 17.3 Å². The van der Waals surface area contributed by atoms with Crippen molar-refractivity contribution in [1.82, 2.24) is 14.7 Å². The smallest absolute Gasteiger partial charge is 0.295 e. The minimum Gasteiger partial charge on any atom is -0.295 e. The number of pyridine rings is 1. The summed E-state index contributed by atoms with van der Waals surface area (Å²) in [5.74, 6) is -0.389. The number of hydrogen-bond acceptors (Lipinski definition) is 6. The molecule has 0 bridgehead atoms. The van der Waals surface area contributed by atoms with Gasteiger partial charge in [-0.1, -0.05) is 16.8 Å². The Morgan fingerprint density at radius 1 is 1.26 bits per heavy atom. The largest absolute Gasteiger partial charge is 0.442 e. The molecule has 23 heavy (non-hydrogen) atoms. The molecular weight excluding hydrogens is 324 g/mol. The highest BCUT2D eigenvalue weighted by molar-refractivity contribution is 6.31. The number of nitro groups is 1. The summed E-state index contributed by atoms with van der Waals surface area (Å²) in [4.78, 5) is 26.1. The minimum atomic E-state index is -0.681. The quantitative estimate of drug-likeness (QED) is 0.537. The minimum absolute atomic E-state index is 0.000499. The third-order valence-electron chi connectivity index (χ3n) is 3.19. The second-order valence-corrected chi connectivity index (χ2v) is 5.03. The van der Waals surface area contributed by atoms with Gasteiger partial charge in [0.1, 0.15) is 0 Å². The summed E-state index contributed by atoms with van der Waals surface area (Å²) in [6.45, 7) is 0.000499. The Morgan fingerprint density at radius 2 is 2.00 bits per heavy atom. The molecule has 8 nitrogen and oxygen atoms in total. The maximum atomic E-state index is 11.9. The fourth-order valence-electron chi connectivity index (χ4n) is 2.08. The molecule has 0 aliphatic heterocycles. The van der Waals surface area contributed by atoms with Gasteiger partial charge < -0.3 is 0 Å². The monoisotopic (exact) mass is 332 g/mol. The van der Waals surface area contributed by atoms with E-state index in [0.717, 1.165) is 0 Å². The molecule has 0 N–H and O–H groups in total. The van der Waals surface area contributed by atoms with Gasteiger partial charge in [-0.15, -0.1) is 0 Å². The number of non-ortho nitro benzene ring substituents is 1. The van der Waals surface area contributed by atoms with Crippen LogP contribution < -0.4 is 5.76 Å². The standard InChI is InChI=1S/C14H9ClN4O4/c15-12-2-1-11(19(21)22)7-10(12)8-18-13(17-23-14(18)20)9-3-5-16-6-4-9/h1-7H,8H2. The molecule has 0 fully saturated rings. The lowest BCUT2D eigenvalue weighted by Crippen LogP contribution is -2.16. The van der Waals surface area contributed by atoms with E-state index in [1.54, 1.807) is 24.5 Å². The number of aromatic nitrogens is 3. The van der Waals surface area contributed by atoms with E-state index in [1.165, 1.54) is 22.8 Å². The van der Waals surface area contributed by atoms with E-state index in [4.69, 9.17) is 16.1 Å². The van der Waals surface area contributed by atoms with Crippen LogP contribution in [0.2, 0.25) is 5.02 Å². The second-order valence-electron chi connectivity index (χ2n) is 4.63. The number of nitro benzene ring substituents is 1. The molecular formula is C14H9ClN4O4. The van der Waals surface area contributed by atoms with Gasteiger partial charge in [-0.2, -0.15) is 0 Å². The lowest BCUT2D eigenvalue weighted by atomic mass is 10.2. The zero-order valence-electron chi connectivity index (χ0n) is 11.5. The normalized spacial score (nSPS) is 10.7. The van der Waals surface area contributed by atoms with Crippen LogP contribution in [0.25, 0.3) is 11.4 Å². The van der Waals surface area contributed by atoms with Crippen molar-refractivity contribution < 1.29 is 9.45 Å². The van der Waals surface area contributed by atoms with Crippen molar-refractivity contribution in [2.75, 3.05) is 0 Å². The van der Waals surface area contributed by atoms with E-state index in [1.807, 2.05) is 0 Å². The first-order valence-electron chi connectivity index (χ1n) is 6.46. The van der Waals surface area contributed by atoms with E-state index >= 15 is 0 Å². The molecule has 3 aromatic rings. The van der Waals surface area contributed by atoms with Crippen molar-refractivity contribution in [3.05, 3.63) is 74.0 Å². The number of halogens is 1. The molecule has 9 heteroatoms. The van der Waals surface area contributed by atoms with Gasteiger partial charge in [-0.25, -0.2) is 4.79 Å². The third kappa shape index (κ3) is 2.97. The Hall–Kier alpha value is -3.00. The van der Waals surface area contributed by atoms with E-state index < -0.39 is 10.7 Å². The van der Waals surface area contributed by atoms with E-state index in [0.29, 0.717) is 22.0 Å². The Kier molecular flexibility index (Phi) is 3.90. The molecule has 0 radical (unpaired) electrons. The number of benzene rings is 1. The summed E-state index contributed by atoms with van der Waals surface area (Å²) >= 11 is 6.07. The van der Waals surface area contributed by atoms with Gasteiger partial charge in [0.25, 0.3) is 5.69 Å². The summed E-state index contributed by atoms with van der Waals surface area (Å²) in [5, 5.41) is 14.9. The van der Waals surface area contributed by atoms with Crippen LogP contribution in [0.4, 0.5) is 5.69 Å². The fourth-order valence-corrected chi connectivity index (χ4v) is 2.26. The molecule has 2 heterocycles. The maximum Gasteiger partial charge on any atom is 0.442 e. The van der Waals surface area contributed by atoms with Crippen LogP contribution in [-0.4, -0.2) is 19.6 Å². The molecule has 0 spiro atoms. The van der Waals surface area contributed by atoms with Crippen LogP contribution in [0.15, 0.2) is 52.0 Å². The fraction of sp³-hybridized carbons (Fsp3) is 0.0714. The molecule has 0 saturated carbocycles. The van der Waals surface area contributed by atoms with E-state index in [9.17, 15) is 14.9 Å². The van der Waals surface area contributed by atoms with Gasteiger partial charge in [0.05, 0.1) is 11.5 Å². The molecule has 0 atom stereocenters. The van der Waals surface area contributed by atoms with Crippen molar-refractivity contribution in [2.45, 2.75) is 6.54 Å². The van der Waals surface area contributed by atoms with Gasteiger partial charge in [0.2, 0.25) is 0 Å². The molecule has 0 aliphatic rings. The average Bonchev–Trinajstić information content (AvgIpc) is 2.91. The SMILES string of the molecule is O=c1onc(-c2ccncc2)n1Cc1cc([N+](=O)[O-])ccc1Cl. The van der Waals surface area contributed by atoms with Crippen LogP contribution in [0.1, 0.15) is 5.56 Å². The summed E-state index contributed by atoms with van der Waals surface area (Å²) < 4.78 is 5.95. The van der Waals surface area contributed by atoms with Gasteiger partial charge in [0.15, 0.2) is 5.82 Å². The van der Waals surface area contributed by atoms with Crippen LogP contribution in [0.3, 0.4) is 0 Å². The van der Waals surface area contributed by atoms with Crippen molar-refractivity contribution in [1.29, 1.82) is 0 Å². The molecule has 0 aliphatic carbocycles. The molecule has 3 rings (SSSR count). The Labute approximate surface area is 134 Å².